The van der Waals surface area contributed by atoms with Gasteiger partial charge in [0.05, 0.1) is 22.7 Å². The van der Waals surface area contributed by atoms with Crippen LogP contribution in [0.1, 0.15) is 15.9 Å². The Kier molecular flexibility index (Phi) is 5.48. The summed E-state index contributed by atoms with van der Waals surface area (Å²) in [5, 5.41) is 9.93. The standard InChI is InChI=1S/C20H16ClNO4S/c21-18-12-6-4-8-15(18)14-22(19-13-7-5-11-17(19)20(23)24)27(25,26)16-9-2-1-3-10-16/h1-13H,14H2,(H,23,24). The summed E-state index contributed by atoms with van der Waals surface area (Å²) >= 11 is 6.22. The summed E-state index contributed by atoms with van der Waals surface area (Å²) in [7, 11) is -4.01. The van der Waals surface area contributed by atoms with E-state index < -0.39 is 16.0 Å². The predicted octanol–water partition coefficient (Wildman–Crippen LogP) is 4.43. The predicted molar refractivity (Wildman–Crippen MR) is 105 cm³/mol. The van der Waals surface area contributed by atoms with Crippen LogP contribution in [0.3, 0.4) is 0 Å². The fraction of sp³-hybridized carbons (Fsp3) is 0.0500. The van der Waals surface area contributed by atoms with Crippen molar-refractivity contribution in [2.45, 2.75) is 11.4 Å². The molecule has 3 aromatic carbocycles. The summed E-state index contributed by atoms with van der Waals surface area (Å²) in [6.45, 7) is -0.0960. The second-order valence-electron chi connectivity index (χ2n) is 5.74. The van der Waals surface area contributed by atoms with Crippen LogP contribution >= 0.6 is 11.6 Å². The van der Waals surface area contributed by atoms with Crippen molar-refractivity contribution >= 4 is 33.3 Å². The highest BCUT2D eigenvalue weighted by molar-refractivity contribution is 7.92. The SMILES string of the molecule is O=C(O)c1ccccc1N(Cc1ccccc1Cl)S(=O)(=O)c1ccccc1. The second kappa shape index (κ2) is 7.82. The molecule has 0 bridgehead atoms. The zero-order valence-electron chi connectivity index (χ0n) is 14.1. The lowest BCUT2D eigenvalue weighted by Gasteiger charge is -2.26. The lowest BCUT2D eigenvalue weighted by molar-refractivity contribution is 0.0697. The number of carboxylic acid groups (broad SMARTS) is 1. The number of carboxylic acids is 1. The van der Waals surface area contributed by atoms with Crippen molar-refractivity contribution in [3.63, 3.8) is 0 Å². The van der Waals surface area contributed by atoms with E-state index in [9.17, 15) is 18.3 Å². The van der Waals surface area contributed by atoms with E-state index in [4.69, 9.17) is 11.6 Å². The molecule has 7 heteroatoms. The molecule has 0 atom stereocenters. The van der Waals surface area contributed by atoms with Crippen LogP contribution in [0.4, 0.5) is 5.69 Å². The average Bonchev–Trinajstić information content (AvgIpc) is 2.68. The normalized spacial score (nSPS) is 11.1. The smallest absolute Gasteiger partial charge is 0.337 e. The molecule has 3 rings (SSSR count). The molecule has 1 N–H and O–H groups in total. The average molecular weight is 402 g/mol. The molecular weight excluding hydrogens is 386 g/mol. The molecule has 0 heterocycles. The minimum Gasteiger partial charge on any atom is -0.478 e. The van der Waals surface area contributed by atoms with Gasteiger partial charge in [0.15, 0.2) is 0 Å². The van der Waals surface area contributed by atoms with Crippen molar-refractivity contribution in [3.05, 3.63) is 95.0 Å². The first kappa shape index (κ1) is 18.9. The molecule has 0 saturated carbocycles. The van der Waals surface area contributed by atoms with Gasteiger partial charge in [-0.3, -0.25) is 4.31 Å². The summed E-state index contributed by atoms with van der Waals surface area (Å²) in [5.41, 5.74) is 0.539. The third-order valence-electron chi connectivity index (χ3n) is 4.01. The number of halogens is 1. The highest BCUT2D eigenvalue weighted by Gasteiger charge is 2.28. The Morgan fingerprint density at radius 2 is 1.48 bits per heavy atom. The minimum absolute atomic E-state index is 0.0669. The lowest BCUT2D eigenvalue weighted by atomic mass is 10.1. The highest BCUT2D eigenvalue weighted by atomic mass is 35.5. The molecule has 27 heavy (non-hydrogen) atoms. The molecule has 0 aliphatic carbocycles. The summed E-state index contributed by atoms with van der Waals surface area (Å²) in [4.78, 5) is 11.7. The number of hydrogen-bond donors (Lipinski definition) is 1. The summed E-state index contributed by atoms with van der Waals surface area (Å²) < 4.78 is 27.7. The number of sulfonamides is 1. The van der Waals surface area contributed by atoms with Gasteiger partial charge in [0.2, 0.25) is 0 Å². The first-order valence-corrected chi connectivity index (χ1v) is 9.86. The van der Waals surface area contributed by atoms with Gasteiger partial charge in [-0.15, -0.1) is 0 Å². The van der Waals surface area contributed by atoms with Crippen LogP contribution in [0, 0.1) is 0 Å². The molecular formula is C20H16ClNO4S. The molecule has 5 nitrogen and oxygen atoms in total. The van der Waals surface area contributed by atoms with Crippen molar-refractivity contribution in [2.24, 2.45) is 0 Å². The summed E-state index contributed by atoms with van der Waals surface area (Å²) in [6, 6.07) is 20.7. The van der Waals surface area contributed by atoms with Gasteiger partial charge in [0.1, 0.15) is 0 Å². The Hall–Kier alpha value is -2.83. The van der Waals surface area contributed by atoms with Gasteiger partial charge in [0, 0.05) is 5.02 Å². The maximum absolute atomic E-state index is 13.3. The Labute approximate surface area is 162 Å². The number of benzene rings is 3. The van der Waals surface area contributed by atoms with Crippen molar-refractivity contribution in [3.8, 4) is 0 Å². The fourth-order valence-corrected chi connectivity index (χ4v) is 4.35. The molecule has 0 spiro atoms. The number of rotatable bonds is 6. The van der Waals surface area contributed by atoms with Gasteiger partial charge in [-0.2, -0.15) is 0 Å². The van der Waals surface area contributed by atoms with Gasteiger partial charge in [-0.05, 0) is 35.9 Å². The number of nitrogens with zero attached hydrogens (tertiary/aromatic N) is 1. The second-order valence-corrected chi connectivity index (χ2v) is 8.01. The maximum Gasteiger partial charge on any atom is 0.337 e. The van der Waals surface area contributed by atoms with Crippen LogP contribution in [0.2, 0.25) is 5.02 Å². The number of carbonyl (C=O) groups is 1. The first-order valence-electron chi connectivity index (χ1n) is 8.05. The van der Waals surface area contributed by atoms with Gasteiger partial charge in [-0.25, -0.2) is 13.2 Å². The van der Waals surface area contributed by atoms with E-state index in [1.54, 1.807) is 54.6 Å². The van der Waals surface area contributed by atoms with Gasteiger partial charge < -0.3 is 5.11 Å². The zero-order chi connectivity index (χ0) is 19.4. The van der Waals surface area contributed by atoms with E-state index in [1.165, 1.54) is 24.3 Å². The van der Waals surface area contributed by atoms with E-state index >= 15 is 0 Å². The molecule has 138 valence electrons. The largest absolute Gasteiger partial charge is 0.478 e. The third kappa shape index (κ3) is 3.97. The Bertz CT molecular complexity index is 1070. The Morgan fingerprint density at radius 1 is 0.889 bits per heavy atom. The summed E-state index contributed by atoms with van der Waals surface area (Å²) in [5.74, 6) is -1.21. The van der Waals surface area contributed by atoms with Crippen LogP contribution in [0.25, 0.3) is 0 Å². The number of hydrogen-bond acceptors (Lipinski definition) is 3. The van der Waals surface area contributed by atoms with Gasteiger partial charge in [0.25, 0.3) is 10.0 Å². The fourth-order valence-electron chi connectivity index (χ4n) is 2.67. The molecule has 0 aliphatic heterocycles. The van der Waals surface area contributed by atoms with Crippen LogP contribution in [-0.2, 0) is 16.6 Å². The van der Waals surface area contributed by atoms with Crippen molar-refractivity contribution in [1.82, 2.24) is 0 Å². The van der Waals surface area contributed by atoms with Gasteiger partial charge in [-0.1, -0.05) is 60.1 Å². The van der Waals surface area contributed by atoms with E-state index in [0.29, 0.717) is 10.6 Å². The molecule has 0 unspecified atom stereocenters. The van der Waals surface area contributed by atoms with E-state index in [0.717, 1.165) is 4.31 Å². The van der Waals surface area contributed by atoms with Crippen molar-refractivity contribution in [2.75, 3.05) is 4.31 Å². The number of aromatic carboxylic acids is 1. The molecule has 0 radical (unpaired) electrons. The molecule has 3 aromatic rings. The van der Waals surface area contributed by atoms with Crippen molar-refractivity contribution < 1.29 is 18.3 Å². The molecule has 0 fully saturated rings. The lowest BCUT2D eigenvalue weighted by Crippen LogP contribution is -2.32. The topological polar surface area (TPSA) is 74.7 Å². The van der Waals surface area contributed by atoms with E-state index in [1.807, 2.05) is 0 Å². The van der Waals surface area contributed by atoms with Gasteiger partial charge >= 0.3 is 5.97 Å². The minimum atomic E-state index is -4.01. The van der Waals surface area contributed by atoms with Crippen LogP contribution in [0.5, 0.6) is 0 Å². The first-order chi connectivity index (χ1) is 12.9. The number of anilines is 1. The maximum atomic E-state index is 13.3. The van der Waals surface area contributed by atoms with Crippen LogP contribution in [0.15, 0.2) is 83.8 Å². The highest BCUT2D eigenvalue weighted by Crippen LogP contribution is 2.30. The Balaban J connectivity index is 2.19. The zero-order valence-corrected chi connectivity index (χ0v) is 15.7. The molecule has 0 amide bonds. The third-order valence-corrected chi connectivity index (χ3v) is 6.15. The monoisotopic (exact) mass is 401 g/mol. The van der Waals surface area contributed by atoms with Crippen LogP contribution < -0.4 is 4.31 Å². The molecule has 0 aromatic heterocycles. The van der Waals surface area contributed by atoms with Crippen LogP contribution in [-0.4, -0.2) is 19.5 Å². The summed E-state index contributed by atoms with van der Waals surface area (Å²) in [6.07, 6.45) is 0. The van der Waals surface area contributed by atoms with E-state index in [2.05, 4.69) is 0 Å². The molecule has 0 aliphatic rings. The Morgan fingerprint density at radius 3 is 2.15 bits per heavy atom. The van der Waals surface area contributed by atoms with Crippen molar-refractivity contribution in [1.29, 1.82) is 0 Å². The number of para-hydroxylation sites is 1. The molecule has 0 saturated heterocycles. The quantitative estimate of drug-likeness (QED) is 0.662. The van der Waals surface area contributed by atoms with E-state index in [-0.39, 0.29) is 22.7 Å².